The van der Waals surface area contributed by atoms with Crippen molar-refractivity contribution >= 4 is 23.6 Å². The number of amides is 2. The molecule has 2 fully saturated rings. The Bertz CT molecular complexity index is 375. The fraction of sp³-hybridized carbons (Fsp3) is 0.846. The fourth-order valence-electron chi connectivity index (χ4n) is 2.39. The van der Waals surface area contributed by atoms with Gasteiger partial charge in [-0.2, -0.15) is 0 Å². The number of halogens is 1. The highest BCUT2D eigenvalue weighted by molar-refractivity contribution is 6.18. The van der Waals surface area contributed by atoms with Crippen LogP contribution in [0.2, 0.25) is 0 Å². The van der Waals surface area contributed by atoms with E-state index in [0.717, 1.165) is 6.54 Å². The zero-order chi connectivity index (χ0) is 14.2. The third-order valence-corrected chi connectivity index (χ3v) is 3.85. The fourth-order valence-corrected chi connectivity index (χ4v) is 2.60. The summed E-state index contributed by atoms with van der Waals surface area (Å²) in [5.74, 6) is 0.925. The van der Waals surface area contributed by atoms with Gasteiger partial charge in [0.25, 0.3) is 0 Å². The highest BCUT2D eigenvalue weighted by Crippen LogP contribution is 2.26. The number of carbonyl (C=O) groups is 2. The molecule has 0 aromatic rings. The lowest BCUT2D eigenvalue weighted by atomic mass is 10.1. The molecule has 0 saturated carbocycles. The molecule has 0 aromatic heterocycles. The Hall–Kier alpha value is -0.970. The maximum Gasteiger partial charge on any atom is 0.410 e. The summed E-state index contributed by atoms with van der Waals surface area (Å²) in [6, 6.07) is 0.133. The second-order valence-electron chi connectivity index (χ2n) is 6.31. The van der Waals surface area contributed by atoms with Crippen LogP contribution in [0, 0.1) is 5.92 Å². The van der Waals surface area contributed by atoms with Crippen molar-refractivity contribution in [2.24, 2.45) is 5.92 Å². The number of carbonyl (C=O) groups excluding carboxylic acids is 2. The van der Waals surface area contributed by atoms with Crippen LogP contribution in [0.15, 0.2) is 0 Å². The van der Waals surface area contributed by atoms with E-state index in [0.29, 0.717) is 25.4 Å². The van der Waals surface area contributed by atoms with Crippen molar-refractivity contribution in [1.82, 2.24) is 9.80 Å². The molecule has 0 aromatic carbocycles. The predicted molar refractivity (Wildman–Crippen MR) is 72.1 cm³/mol. The van der Waals surface area contributed by atoms with Crippen molar-refractivity contribution < 1.29 is 14.3 Å². The lowest BCUT2D eigenvalue weighted by Gasteiger charge is -2.44. The van der Waals surface area contributed by atoms with Gasteiger partial charge in [-0.05, 0) is 26.7 Å². The number of ether oxygens (including phenoxy) is 1. The Morgan fingerprint density at radius 2 is 2.00 bits per heavy atom. The summed E-state index contributed by atoms with van der Waals surface area (Å²) in [5, 5.41) is 0. The Balaban J connectivity index is 1.80. The minimum Gasteiger partial charge on any atom is -0.444 e. The normalized spacial score (nSPS) is 24.6. The average molecular weight is 289 g/mol. The van der Waals surface area contributed by atoms with Crippen LogP contribution in [-0.4, -0.2) is 59.0 Å². The van der Waals surface area contributed by atoms with Crippen molar-refractivity contribution in [1.29, 1.82) is 0 Å². The molecule has 0 bridgehead atoms. The molecule has 6 heteroatoms. The van der Waals surface area contributed by atoms with E-state index in [2.05, 4.69) is 0 Å². The first-order valence-electron chi connectivity index (χ1n) is 6.63. The summed E-state index contributed by atoms with van der Waals surface area (Å²) < 4.78 is 5.28. The van der Waals surface area contributed by atoms with E-state index >= 15 is 0 Å². The number of likely N-dealkylation sites (tertiary alicyclic amines) is 2. The molecular formula is C13H21ClN2O3. The quantitative estimate of drug-likeness (QED) is 0.727. The van der Waals surface area contributed by atoms with Gasteiger partial charge in [-0.1, -0.05) is 0 Å². The first kappa shape index (κ1) is 14.4. The van der Waals surface area contributed by atoms with Gasteiger partial charge in [0.05, 0.1) is 6.04 Å². The van der Waals surface area contributed by atoms with Crippen molar-refractivity contribution in [3.63, 3.8) is 0 Å². The third kappa shape index (κ3) is 3.32. The lowest BCUT2D eigenvalue weighted by Crippen LogP contribution is -2.62. The molecule has 108 valence electrons. The highest BCUT2D eigenvalue weighted by atomic mass is 35.5. The summed E-state index contributed by atoms with van der Waals surface area (Å²) >= 11 is 5.79. The number of hydrogen-bond donors (Lipinski definition) is 0. The molecule has 1 atom stereocenters. The molecule has 1 unspecified atom stereocenters. The molecule has 0 aliphatic carbocycles. The smallest absolute Gasteiger partial charge is 0.410 e. The van der Waals surface area contributed by atoms with Crippen LogP contribution in [-0.2, 0) is 9.53 Å². The third-order valence-electron chi connectivity index (χ3n) is 3.41. The first-order valence-corrected chi connectivity index (χ1v) is 7.17. The maximum atomic E-state index is 11.8. The molecule has 2 amide bonds. The van der Waals surface area contributed by atoms with Gasteiger partial charge in [-0.15, -0.1) is 11.6 Å². The van der Waals surface area contributed by atoms with Crippen LogP contribution in [0.1, 0.15) is 27.2 Å². The van der Waals surface area contributed by atoms with Gasteiger partial charge in [0.1, 0.15) is 5.60 Å². The minimum absolute atomic E-state index is 0.133. The molecular weight excluding hydrogens is 268 g/mol. The van der Waals surface area contributed by atoms with Crippen LogP contribution in [0.5, 0.6) is 0 Å². The van der Waals surface area contributed by atoms with Crippen LogP contribution in [0.4, 0.5) is 4.79 Å². The van der Waals surface area contributed by atoms with E-state index in [-0.39, 0.29) is 24.0 Å². The number of hydrogen-bond acceptors (Lipinski definition) is 3. The van der Waals surface area contributed by atoms with Crippen molar-refractivity contribution in [2.45, 2.75) is 38.8 Å². The van der Waals surface area contributed by atoms with Gasteiger partial charge < -0.3 is 14.5 Å². The highest BCUT2D eigenvalue weighted by Gasteiger charge is 2.42. The molecule has 0 spiro atoms. The van der Waals surface area contributed by atoms with E-state index in [9.17, 15) is 9.59 Å². The summed E-state index contributed by atoms with van der Waals surface area (Å²) in [6.45, 7) is 7.38. The summed E-state index contributed by atoms with van der Waals surface area (Å²) in [5.41, 5.74) is -0.477. The van der Waals surface area contributed by atoms with Gasteiger partial charge >= 0.3 is 6.09 Å². The molecule has 2 rings (SSSR count). The van der Waals surface area contributed by atoms with Crippen LogP contribution in [0.3, 0.4) is 0 Å². The maximum absolute atomic E-state index is 11.8. The molecule has 0 N–H and O–H groups in total. The van der Waals surface area contributed by atoms with Crippen LogP contribution < -0.4 is 0 Å². The number of rotatable bonds is 2. The van der Waals surface area contributed by atoms with E-state index < -0.39 is 5.60 Å². The monoisotopic (exact) mass is 288 g/mol. The Kier molecular flexibility index (Phi) is 3.95. The van der Waals surface area contributed by atoms with Crippen molar-refractivity contribution in [3.8, 4) is 0 Å². The van der Waals surface area contributed by atoms with E-state index in [4.69, 9.17) is 16.3 Å². The van der Waals surface area contributed by atoms with Gasteiger partial charge in [0.2, 0.25) is 5.91 Å². The van der Waals surface area contributed by atoms with Gasteiger partial charge in [0.15, 0.2) is 0 Å². The molecule has 0 radical (unpaired) electrons. The van der Waals surface area contributed by atoms with Crippen molar-refractivity contribution in [2.75, 3.05) is 25.5 Å². The zero-order valence-electron chi connectivity index (χ0n) is 11.7. The zero-order valence-corrected chi connectivity index (χ0v) is 12.4. The largest absolute Gasteiger partial charge is 0.444 e. The lowest BCUT2D eigenvalue weighted by molar-refractivity contribution is -0.132. The number of nitrogens with zero attached hydrogens (tertiary/aromatic N) is 2. The summed E-state index contributed by atoms with van der Waals surface area (Å²) in [4.78, 5) is 27.1. The van der Waals surface area contributed by atoms with Gasteiger partial charge in [-0.3, -0.25) is 4.79 Å². The van der Waals surface area contributed by atoms with E-state index in [1.165, 1.54) is 0 Å². The molecule has 2 saturated heterocycles. The SMILES string of the molecule is CC(C)(C)OC(=O)N1CC(N2CC(CCl)CC2=O)C1. The van der Waals surface area contributed by atoms with Crippen LogP contribution >= 0.6 is 11.6 Å². The first-order chi connectivity index (χ1) is 8.80. The topological polar surface area (TPSA) is 49.9 Å². The average Bonchev–Trinajstić information content (AvgIpc) is 2.55. The molecule has 19 heavy (non-hydrogen) atoms. The second kappa shape index (κ2) is 5.19. The van der Waals surface area contributed by atoms with Crippen LogP contribution in [0.25, 0.3) is 0 Å². The van der Waals surface area contributed by atoms with Gasteiger partial charge in [0, 0.05) is 31.9 Å². The number of alkyl halides is 1. The molecule has 2 aliphatic heterocycles. The van der Waals surface area contributed by atoms with E-state index in [1.54, 1.807) is 4.90 Å². The summed E-state index contributed by atoms with van der Waals surface area (Å²) in [6.07, 6.45) is 0.233. The Labute approximate surface area is 118 Å². The molecule has 2 heterocycles. The molecule has 5 nitrogen and oxygen atoms in total. The molecule has 2 aliphatic rings. The Morgan fingerprint density at radius 1 is 1.37 bits per heavy atom. The Morgan fingerprint density at radius 3 is 2.47 bits per heavy atom. The van der Waals surface area contributed by atoms with Gasteiger partial charge in [-0.25, -0.2) is 4.79 Å². The van der Waals surface area contributed by atoms with Crippen molar-refractivity contribution in [3.05, 3.63) is 0 Å². The standard InChI is InChI=1S/C13H21ClN2O3/c1-13(2,3)19-12(18)15-7-10(8-15)16-6-9(5-14)4-11(16)17/h9-10H,4-8H2,1-3H3. The van der Waals surface area contributed by atoms with E-state index in [1.807, 2.05) is 25.7 Å². The minimum atomic E-state index is -0.477. The summed E-state index contributed by atoms with van der Waals surface area (Å²) in [7, 11) is 0. The second-order valence-corrected chi connectivity index (χ2v) is 6.62. The predicted octanol–water partition coefficient (Wildman–Crippen LogP) is 1.69.